The predicted molar refractivity (Wildman–Crippen MR) is 160 cm³/mol. The molecule has 8 nitrogen and oxygen atoms in total. The number of aryl methyl sites for hydroxylation is 1. The van der Waals surface area contributed by atoms with Crippen molar-refractivity contribution < 1.29 is 5.11 Å². The van der Waals surface area contributed by atoms with Gasteiger partial charge in [0.25, 0.3) is 5.56 Å². The topological polar surface area (TPSA) is 102 Å². The van der Waals surface area contributed by atoms with Crippen molar-refractivity contribution in [3.8, 4) is 21.7 Å². The molecule has 4 heterocycles. The number of likely N-dealkylation sites (tertiary alicyclic amines) is 1. The monoisotopic (exact) mass is 574 g/mol. The van der Waals surface area contributed by atoms with Gasteiger partial charge in [0, 0.05) is 48.7 Å². The van der Waals surface area contributed by atoms with Crippen LogP contribution in [0.4, 0.5) is 0 Å². The maximum Gasteiger partial charge on any atom is 0.281 e. The Bertz CT molecular complexity index is 1700. The molecule has 2 aromatic carbocycles. The van der Waals surface area contributed by atoms with Crippen LogP contribution in [-0.2, 0) is 26.7 Å². The van der Waals surface area contributed by atoms with E-state index in [1.54, 1.807) is 16.0 Å². The summed E-state index contributed by atoms with van der Waals surface area (Å²) in [5, 5.41) is 18.7. The van der Waals surface area contributed by atoms with Crippen molar-refractivity contribution in [1.82, 2.24) is 24.2 Å². The van der Waals surface area contributed by atoms with E-state index in [9.17, 15) is 9.90 Å². The molecule has 5 aromatic rings. The van der Waals surface area contributed by atoms with Crippen LogP contribution in [0.3, 0.4) is 0 Å². The van der Waals surface area contributed by atoms with E-state index in [0.29, 0.717) is 43.5 Å². The molecule has 3 aromatic heterocycles. The summed E-state index contributed by atoms with van der Waals surface area (Å²) in [6.07, 6.45) is 2.62. The second kappa shape index (κ2) is 10.9. The minimum Gasteiger partial charge on any atom is -0.388 e. The van der Waals surface area contributed by atoms with Crippen molar-refractivity contribution in [3.63, 3.8) is 0 Å². The van der Waals surface area contributed by atoms with E-state index in [0.717, 1.165) is 39.5 Å². The van der Waals surface area contributed by atoms with E-state index < -0.39 is 5.60 Å². The smallest absolute Gasteiger partial charge is 0.281 e. The van der Waals surface area contributed by atoms with Crippen LogP contribution in [0, 0.1) is 0 Å². The maximum atomic E-state index is 13.4. The van der Waals surface area contributed by atoms with Gasteiger partial charge in [-0.15, -0.1) is 11.3 Å². The van der Waals surface area contributed by atoms with Gasteiger partial charge in [-0.2, -0.15) is 5.10 Å². The first-order chi connectivity index (χ1) is 19.3. The van der Waals surface area contributed by atoms with Gasteiger partial charge in [0.15, 0.2) is 5.52 Å². The molecule has 1 fully saturated rings. The van der Waals surface area contributed by atoms with Gasteiger partial charge in [-0.1, -0.05) is 54.1 Å². The van der Waals surface area contributed by atoms with Crippen LogP contribution < -0.4 is 11.3 Å². The number of hydrogen-bond donors (Lipinski definition) is 2. The van der Waals surface area contributed by atoms with E-state index >= 15 is 0 Å². The Balaban J connectivity index is 1.14. The van der Waals surface area contributed by atoms with Crippen molar-refractivity contribution in [2.24, 2.45) is 12.8 Å². The summed E-state index contributed by atoms with van der Waals surface area (Å²) in [5.41, 5.74) is 10.2. The number of hydrogen-bond acceptors (Lipinski definition) is 7. The largest absolute Gasteiger partial charge is 0.388 e. The molecule has 1 aliphatic heterocycles. The Kier molecular flexibility index (Phi) is 7.33. The quantitative estimate of drug-likeness (QED) is 0.293. The summed E-state index contributed by atoms with van der Waals surface area (Å²) in [5.74, 6) is 0. The molecule has 1 saturated heterocycles. The fraction of sp³-hybridized carbons (Fsp3) is 0.300. The zero-order chi connectivity index (χ0) is 27.9. The van der Waals surface area contributed by atoms with Crippen LogP contribution in [0.25, 0.3) is 32.7 Å². The molecular formula is C30H31ClN6O2S. The minimum absolute atomic E-state index is 0.177. The summed E-state index contributed by atoms with van der Waals surface area (Å²) in [7, 11) is 1.81. The Hall–Kier alpha value is -3.34. The molecular weight excluding hydrogens is 544 g/mol. The Labute approximate surface area is 241 Å². The number of piperidine rings is 1. The average Bonchev–Trinajstić information content (AvgIpc) is 3.61. The van der Waals surface area contributed by atoms with Crippen LogP contribution in [0.2, 0.25) is 5.02 Å². The third-order valence-electron chi connectivity index (χ3n) is 7.78. The van der Waals surface area contributed by atoms with Gasteiger partial charge in [-0.05, 0) is 47.0 Å². The fourth-order valence-corrected chi connectivity index (χ4v) is 6.41. The van der Waals surface area contributed by atoms with Crippen LogP contribution in [0.1, 0.15) is 24.0 Å². The first-order valence-corrected chi connectivity index (χ1v) is 14.6. The second-order valence-electron chi connectivity index (χ2n) is 10.5. The van der Waals surface area contributed by atoms with Crippen molar-refractivity contribution in [2.75, 3.05) is 13.1 Å². The lowest BCUT2D eigenvalue weighted by molar-refractivity contribution is -0.0364. The first-order valence-electron chi connectivity index (χ1n) is 13.3. The molecule has 0 radical (unpaired) electrons. The lowest BCUT2D eigenvalue weighted by atomic mass is 9.91. The van der Waals surface area contributed by atoms with Crippen molar-refractivity contribution in [1.29, 1.82) is 0 Å². The highest BCUT2D eigenvalue weighted by molar-refractivity contribution is 7.13. The summed E-state index contributed by atoms with van der Waals surface area (Å²) in [6.45, 7) is 2.77. The molecule has 0 bridgehead atoms. The molecule has 10 heteroatoms. The normalized spacial score (nSPS) is 15.6. The number of halogens is 1. The van der Waals surface area contributed by atoms with Gasteiger partial charge in [0.05, 0.1) is 24.2 Å². The van der Waals surface area contributed by atoms with E-state index in [2.05, 4.69) is 38.6 Å². The number of aromatic nitrogens is 4. The molecule has 0 amide bonds. The van der Waals surface area contributed by atoms with Crippen LogP contribution >= 0.6 is 22.9 Å². The third-order valence-corrected chi connectivity index (χ3v) is 9.05. The van der Waals surface area contributed by atoms with Gasteiger partial charge in [0.1, 0.15) is 5.52 Å². The average molecular weight is 575 g/mol. The number of thiophene rings is 1. The Morgan fingerprint density at radius 3 is 2.50 bits per heavy atom. The van der Waals surface area contributed by atoms with E-state index in [4.69, 9.17) is 17.3 Å². The van der Waals surface area contributed by atoms with E-state index in [-0.39, 0.29) is 12.1 Å². The number of benzene rings is 2. The predicted octanol–water partition coefficient (Wildman–Crippen LogP) is 4.66. The SMILES string of the molecule is Cn1nc2c(=O)n(CC3(O)CCN(Cc4ccc(-c5cccs5)cc4Cl)CC3)cnc2c1-c1ccc(CN)cc1. The van der Waals surface area contributed by atoms with E-state index in [1.807, 2.05) is 43.4 Å². The van der Waals surface area contributed by atoms with Gasteiger partial charge in [-0.3, -0.25) is 18.9 Å². The standard InChI is InChI=1S/C30H31ClN6O2S/c1-35-28(21-6-4-20(16-32)5-7-21)26-27(34-35)29(38)37(19-33-26)18-30(39)10-12-36(13-11-30)17-23-9-8-22(15-24(23)31)25-3-2-14-40-25/h2-9,14-15,19,39H,10-13,16-18,32H2,1H3. The molecule has 0 saturated carbocycles. The van der Waals surface area contributed by atoms with Gasteiger partial charge < -0.3 is 10.8 Å². The zero-order valence-electron chi connectivity index (χ0n) is 22.3. The maximum absolute atomic E-state index is 13.4. The Morgan fingerprint density at radius 2 is 1.82 bits per heavy atom. The van der Waals surface area contributed by atoms with Crippen molar-refractivity contribution >= 4 is 34.0 Å². The zero-order valence-corrected chi connectivity index (χ0v) is 23.8. The van der Waals surface area contributed by atoms with Gasteiger partial charge >= 0.3 is 0 Å². The highest BCUT2D eigenvalue weighted by Gasteiger charge is 2.33. The number of nitrogens with two attached hydrogens (primary N) is 1. The van der Waals surface area contributed by atoms with Gasteiger partial charge in [0.2, 0.25) is 0 Å². The molecule has 3 N–H and O–H groups in total. The first kappa shape index (κ1) is 26.9. The van der Waals surface area contributed by atoms with Crippen LogP contribution in [-0.4, -0.2) is 48.0 Å². The summed E-state index contributed by atoms with van der Waals surface area (Å²) >= 11 is 8.33. The lowest BCUT2D eigenvalue weighted by Crippen LogP contribution is -2.47. The molecule has 206 valence electrons. The number of aliphatic hydroxyl groups is 1. The van der Waals surface area contributed by atoms with Crippen LogP contribution in [0.15, 0.2) is 71.1 Å². The van der Waals surface area contributed by atoms with Crippen molar-refractivity contribution in [3.05, 3.63) is 92.8 Å². The van der Waals surface area contributed by atoms with Crippen molar-refractivity contribution in [2.45, 2.75) is 38.1 Å². The number of rotatable bonds is 7. The summed E-state index contributed by atoms with van der Waals surface area (Å²) in [6, 6.07) is 18.2. The molecule has 0 spiro atoms. The third kappa shape index (κ3) is 5.23. The summed E-state index contributed by atoms with van der Waals surface area (Å²) < 4.78 is 3.18. The van der Waals surface area contributed by atoms with Crippen LogP contribution in [0.5, 0.6) is 0 Å². The molecule has 0 unspecified atom stereocenters. The second-order valence-corrected chi connectivity index (χ2v) is 11.9. The van der Waals surface area contributed by atoms with E-state index in [1.165, 1.54) is 15.8 Å². The summed E-state index contributed by atoms with van der Waals surface area (Å²) in [4.78, 5) is 21.5. The number of nitrogens with zero attached hydrogens (tertiary/aromatic N) is 5. The highest BCUT2D eigenvalue weighted by Crippen LogP contribution is 2.31. The molecule has 0 aliphatic carbocycles. The lowest BCUT2D eigenvalue weighted by Gasteiger charge is -2.38. The number of fused-ring (bicyclic) bond motifs is 1. The Morgan fingerprint density at radius 1 is 1.07 bits per heavy atom. The molecule has 40 heavy (non-hydrogen) atoms. The molecule has 6 rings (SSSR count). The highest BCUT2D eigenvalue weighted by atomic mass is 35.5. The molecule has 1 aliphatic rings. The van der Waals surface area contributed by atoms with Gasteiger partial charge in [-0.25, -0.2) is 4.98 Å². The minimum atomic E-state index is -1.00. The fourth-order valence-electron chi connectivity index (χ4n) is 5.44. The molecule has 0 atom stereocenters.